The number of likely N-dealkylation sites (N-methyl/N-ethyl adjacent to an activating group) is 1. The average molecular weight is 204 g/mol. The van der Waals surface area contributed by atoms with Gasteiger partial charge in [-0.3, -0.25) is 4.57 Å². The minimum Gasteiger partial charge on any atom is -0.361 e. The third kappa shape index (κ3) is 3.72. The maximum Gasteiger partial charge on any atom is 0.187 e. The first-order valence-corrected chi connectivity index (χ1v) is 5.82. The molecule has 1 fully saturated rings. The van der Waals surface area contributed by atoms with Crippen LogP contribution < -0.4 is 0 Å². The van der Waals surface area contributed by atoms with Gasteiger partial charge in [0.2, 0.25) is 0 Å². The molecule has 0 aliphatic carbocycles. The van der Waals surface area contributed by atoms with E-state index in [2.05, 4.69) is 7.05 Å². The molecule has 0 amide bonds. The van der Waals surface area contributed by atoms with Crippen molar-refractivity contribution in [2.24, 2.45) is 0 Å². The van der Waals surface area contributed by atoms with Crippen LogP contribution in [-0.4, -0.2) is 43.6 Å². The summed E-state index contributed by atoms with van der Waals surface area (Å²) >= 11 is 0. The van der Waals surface area contributed by atoms with E-state index in [4.69, 9.17) is 4.74 Å². The average Bonchev–Trinajstić information content (AvgIpc) is 2.52. The lowest BCUT2D eigenvalue weighted by Crippen LogP contribution is -2.43. The van der Waals surface area contributed by atoms with Crippen LogP contribution in [0.4, 0.5) is 0 Å². The molecule has 1 saturated heterocycles. The predicted molar refractivity (Wildman–Crippen MR) is 53.0 cm³/mol. The van der Waals surface area contributed by atoms with Crippen molar-refractivity contribution in [1.82, 2.24) is 0 Å². The summed E-state index contributed by atoms with van der Waals surface area (Å²) < 4.78 is 16.9. The van der Waals surface area contributed by atoms with Crippen molar-refractivity contribution in [1.29, 1.82) is 0 Å². The Morgan fingerprint density at radius 3 is 2.62 bits per heavy atom. The second-order valence-corrected chi connectivity index (χ2v) is 5.01. The van der Waals surface area contributed by atoms with Gasteiger partial charge >= 0.3 is 0 Å². The van der Waals surface area contributed by atoms with Crippen LogP contribution in [0, 0.1) is 0 Å². The van der Waals surface area contributed by atoms with Crippen LogP contribution in [0.2, 0.25) is 0 Å². The fourth-order valence-electron chi connectivity index (χ4n) is 1.80. The quantitative estimate of drug-likeness (QED) is 0.505. The summed E-state index contributed by atoms with van der Waals surface area (Å²) in [5, 5.41) is 0. The van der Waals surface area contributed by atoms with Crippen molar-refractivity contribution in [2.45, 2.75) is 25.6 Å². The minimum absolute atomic E-state index is 0.0948. The second kappa shape index (κ2) is 5.04. The molecule has 0 saturated carbocycles. The van der Waals surface area contributed by atoms with E-state index in [9.17, 15) is 4.57 Å². The molecule has 0 radical (unpaired) electrons. The Labute approximate surface area is 81.9 Å². The molecule has 1 unspecified atom stereocenters. The molecule has 13 heavy (non-hydrogen) atoms. The lowest BCUT2D eigenvalue weighted by molar-refractivity contribution is -0.898. The maximum absolute atomic E-state index is 10.4. The Morgan fingerprint density at radius 1 is 1.46 bits per heavy atom. The van der Waals surface area contributed by atoms with Gasteiger partial charge in [0.1, 0.15) is 12.4 Å². The van der Waals surface area contributed by atoms with E-state index in [-0.39, 0.29) is 14.3 Å². The highest BCUT2D eigenvalue weighted by molar-refractivity contribution is 7.24. The summed E-state index contributed by atoms with van der Waals surface area (Å²) in [6.45, 7) is 6.16. The van der Waals surface area contributed by atoms with Crippen molar-refractivity contribution >= 4 is 8.46 Å². The lowest BCUT2D eigenvalue weighted by Gasteiger charge is -2.29. The molecular weight excluding hydrogens is 185 g/mol. The summed E-state index contributed by atoms with van der Waals surface area (Å²) in [6, 6.07) is 0. The van der Waals surface area contributed by atoms with E-state index in [1.807, 2.05) is 6.92 Å². The van der Waals surface area contributed by atoms with E-state index in [1.54, 1.807) is 0 Å². The van der Waals surface area contributed by atoms with E-state index >= 15 is 0 Å². The molecule has 1 atom stereocenters. The van der Waals surface area contributed by atoms with Crippen LogP contribution in [0.1, 0.15) is 19.8 Å². The van der Waals surface area contributed by atoms with Crippen molar-refractivity contribution < 1.29 is 13.8 Å². The fraction of sp³-hybridized carbons (Fsp3) is 1.00. The highest BCUT2D eigenvalue weighted by Crippen LogP contribution is 2.16. The molecule has 0 aromatic heterocycles. The van der Waals surface area contributed by atoms with Gasteiger partial charge in [-0.15, -0.1) is 0 Å². The Morgan fingerprint density at radius 2 is 2.08 bits per heavy atom. The number of ether oxygens (including phenoxy) is 1. The molecule has 1 rings (SSSR count). The van der Waals surface area contributed by atoms with E-state index in [0.29, 0.717) is 0 Å². The van der Waals surface area contributed by atoms with Crippen molar-refractivity contribution in [3.63, 3.8) is 0 Å². The highest BCUT2D eigenvalue weighted by atomic mass is 31.1. The Balaban J connectivity index is 2.14. The van der Waals surface area contributed by atoms with Gasteiger partial charge in [-0.05, 0) is 6.92 Å². The topological polar surface area (TPSA) is 26.3 Å². The maximum atomic E-state index is 10.4. The summed E-state index contributed by atoms with van der Waals surface area (Å²) in [5.74, 6) is -0.144. The van der Waals surface area contributed by atoms with Crippen molar-refractivity contribution in [3.8, 4) is 0 Å². The van der Waals surface area contributed by atoms with Gasteiger partial charge in [0, 0.05) is 12.8 Å². The van der Waals surface area contributed by atoms with E-state index < -0.39 is 0 Å². The number of rotatable bonds is 5. The van der Waals surface area contributed by atoms with Gasteiger partial charge in [-0.2, -0.15) is 0 Å². The minimum atomic E-state index is -0.144. The monoisotopic (exact) mass is 204 g/mol. The number of quaternary nitrogens is 1. The molecule has 0 spiro atoms. The van der Waals surface area contributed by atoms with Gasteiger partial charge < -0.3 is 9.22 Å². The zero-order valence-corrected chi connectivity index (χ0v) is 9.43. The van der Waals surface area contributed by atoms with Gasteiger partial charge in [0.25, 0.3) is 0 Å². The fourth-order valence-corrected chi connectivity index (χ4v) is 1.96. The largest absolute Gasteiger partial charge is 0.361 e. The molecule has 0 bridgehead atoms. The van der Waals surface area contributed by atoms with Crippen LogP contribution in [0.5, 0.6) is 0 Å². The van der Waals surface area contributed by atoms with Crippen LogP contribution in [0.3, 0.4) is 0 Å². The number of hydrogen-bond donors (Lipinski definition) is 0. The molecule has 0 N–H and O–H groups in total. The number of hydrogen-bond acceptors (Lipinski definition) is 2. The molecule has 0 aromatic carbocycles. The van der Waals surface area contributed by atoms with E-state index in [0.717, 1.165) is 17.6 Å². The van der Waals surface area contributed by atoms with Gasteiger partial charge in [-0.25, -0.2) is 0 Å². The molecule has 3 nitrogen and oxygen atoms in total. The van der Waals surface area contributed by atoms with Crippen LogP contribution in [0.25, 0.3) is 0 Å². The number of nitrogens with zero attached hydrogens (tertiary/aromatic N) is 1. The first-order valence-electron chi connectivity index (χ1n) is 4.94. The van der Waals surface area contributed by atoms with Gasteiger partial charge in [0.15, 0.2) is 8.46 Å². The van der Waals surface area contributed by atoms with Crippen LogP contribution in [0.15, 0.2) is 0 Å². The van der Waals surface area contributed by atoms with Crippen molar-refractivity contribution in [2.75, 3.05) is 33.3 Å². The highest BCUT2D eigenvalue weighted by Gasteiger charge is 2.26. The molecule has 1 aliphatic rings. The van der Waals surface area contributed by atoms with Crippen LogP contribution >= 0.6 is 8.46 Å². The zero-order chi connectivity index (χ0) is 9.73. The lowest BCUT2D eigenvalue weighted by atomic mass is 10.4. The summed E-state index contributed by atoms with van der Waals surface area (Å²) in [6.07, 6.45) is 2.68. The molecule has 1 heterocycles. The van der Waals surface area contributed by atoms with Crippen molar-refractivity contribution in [3.05, 3.63) is 0 Å². The number of likely N-dealkylation sites (tertiary alicyclic amines) is 1. The first kappa shape index (κ1) is 11.1. The second-order valence-electron chi connectivity index (χ2n) is 4.07. The SMILES string of the molecule is CC(OCC[N+]1(C)CCCC1)P=O. The zero-order valence-electron chi connectivity index (χ0n) is 8.53. The molecule has 4 heteroatoms. The van der Waals surface area contributed by atoms with E-state index in [1.165, 1.54) is 25.9 Å². The smallest absolute Gasteiger partial charge is 0.187 e. The summed E-state index contributed by atoms with van der Waals surface area (Å²) in [7, 11) is 2.37. The summed E-state index contributed by atoms with van der Waals surface area (Å²) in [5.41, 5.74) is 0. The Hall–Kier alpha value is 0.0200. The van der Waals surface area contributed by atoms with Gasteiger partial charge in [0.05, 0.1) is 26.7 Å². The molecule has 1 aliphatic heterocycles. The Bertz CT molecular complexity index is 169. The van der Waals surface area contributed by atoms with Gasteiger partial charge in [-0.1, -0.05) is 0 Å². The molecule has 76 valence electrons. The standard InChI is InChI=1S/C9H19NO2P/c1-9(13-11)12-8-7-10(2)5-3-4-6-10/h9H,3-8H2,1-2H3/q+1. The van der Waals surface area contributed by atoms with Crippen LogP contribution in [-0.2, 0) is 9.30 Å². The molecule has 0 aromatic rings. The predicted octanol–water partition coefficient (Wildman–Crippen LogP) is 1.88. The first-order chi connectivity index (χ1) is 6.16. The third-order valence-electron chi connectivity index (χ3n) is 2.78. The summed E-state index contributed by atoms with van der Waals surface area (Å²) in [4.78, 5) is 0. The molecular formula is C9H19NO2P+. The Kier molecular flexibility index (Phi) is 4.30. The third-order valence-corrected chi connectivity index (χ3v) is 3.23. The normalized spacial score (nSPS) is 23.5.